The second-order valence-electron chi connectivity index (χ2n) is 9.75. The molecule has 11 heteroatoms. The molecule has 0 radical (unpaired) electrons. The van der Waals surface area contributed by atoms with E-state index in [1.807, 2.05) is 35.0 Å². The minimum absolute atomic E-state index is 0.0533. The number of carbonyl (C=O) groups excluding carboxylic acids is 1. The fraction of sp³-hybridized carbons (Fsp3) is 0.241. The van der Waals surface area contributed by atoms with Gasteiger partial charge in [0.1, 0.15) is 28.9 Å². The first kappa shape index (κ1) is 25.7. The van der Waals surface area contributed by atoms with Gasteiger partial charge < -0.3 is 15.0 Å². The molecule has 6 rings (SSSR count). The fourth-order valence-electron chi connectivity index (χ4n) is 4.56. The van der Waals surface area contributed by atoms with Gasteiger partial charge >= 0.3 is 6.09 Å². The van der Waals surface area contributed by atoms with Crippen molar-refractivity contribution >= 4 is 50.1 Å². The van der Waals surface area contributed by atoms with Gasteiger partial charge in [0.25, 0.3) is 0 Å². The maximum Gasteiger partial charge on any atom is 0.409 e. The molecule has 1 aliphatic rings. The van der Waals surface area contributed by atoms with Crippen LogP contribution in [0.1, 0.15) is 16.9 Å². The number of aromatic nitrogens is 4. The highest BCUT2D eigenvalue weighted by Gasteiger charge is 2.26. The number of benzene rings is 2. The van der Waals surface area contributed by atoms with Gasteiger partial charge in [0.15, 0.2) is 0 Å². The Balaban J connectivity index is 1.16. The van der Waals surface area contributed by atoms with Crippen LogP contribution < -0.4 is 10.6 Å². The van der Waals surface area contributed by atoms with Crippen LogP contribution in [0.5, 0.6) is 0 Å². The summed E-state index contributed by atoms with van der Waals surface area (Å²) < 4.78 is 20.9. The topological polar surface area (TPSA) is 97.2 Å². The minimum atomic E-state index is -0.347. The summed E-state index contributed by atoms with van der Waals surface area (Å²) in [6.45, 7) is 1.07. The van der Waals surface area contributed by atoms with E-state index in [-0.39, 0.29) is 24.1 Å². The van der Waals surface area contributed by atoms with E-state index in [1.165, 1.54) is 34.7 Å². The molecule has 0 spiro atoms. The molecule has 4 heterocycles. The van der Waals surface area contributed by atoms with Gasteiger partial charge in [0, 0.05) is 38.1 Å². The van der Waals surface area contributed by atoms with Crippen molar-refractivity contribution in [2.75, 3.05) is 26.0 Å². The number of carbonyl (C=O) groups is 1. The number of fused-ring (bicyclic) bond motifs is 2. The standard InChI is InChI=1S/C29H26FN7O2S/c1-36(2)29(38)39-23-12-21(31-15-23)6-8-24-13-25-27(32-17-33-28(25)40-24)35-22-7-9-26-19(11-22)14-34-37(26)16-18-4-3-5-20(30)10-18/h3-5,7,9-11,13-14,17,21,23,31H,12,15-16H2,1-2H3,(H,32,33,35). The number of amides is 1. The molecule has 202 valence electrons. The quantitative estimate of drug-likeness (QED) is 0.302. The largest absolute Gasteiger partial charge is 0.445 e. The lowest BCUT2D eigenvalue weighted by atomic mass is 10.2. The molecule has 2 N–H and O–H groups in total. The van der Waals surface area contributed by atoms with E-state index >= 15 is 0 Å². The average Bonchev–Trinajstić information content (AvgIpc) is 3.66. The maximum absolute atomic E-state index is 13.6. The molecule has 5 aromatic rings. The van der Waals surface area contributed by atoms with Crippen molar-refractivity contribution in [2.24, 2.45) is 0 Å². The summed E-state index contributed by atoms with van der Waals surface area (Å²) in [5.41, 5.74) is 2.67. The molecular weight excluding hydrogens is 529 g/mol. The molecule has 1 amide bonds. The third kappa shape index (κ3) is 5.59. The summed E-state index contributed by atoms with van der Waals surface area (Å²) in [6.07, 6.45) is 3.45. The van der Waals surface area contributed by atoms with Crippen LogP contribution in [0.25, 0.3) is 21.1 Å². The van der Waals surface area contributed by atoms with Crippen molar-refractivity contribution in [3.63, 3.8) is 0 Å². The molecule has 2 atom stereocenters. The van der Waals surface area contributed by atoms with Crippen LogP contribution in [0, 0.1) is 17.7 Å². The second kappa shape index (κ2) is 10.9. The van der Waals surface area contributed by atoms with Gasteiger partial charge in [-0.1, -0.05) is 24.0 Å². The van der Waals surface area contributed by atoms with Crippen LogP contribution in [-0.4, -0.2) is 63.5 Å². The first-order valence-corrected chi connectivity index (χ1v) is 13.6. The number of ether oxygens (including phenoxy) is 1. The summed E-state index contributed by atoms with van der Waals surface area (Å²) in [5, 5.41) is 13.0. The number of anilines is 2. The molecule has 0 bridgehead atoms. The van der Waals surface area contributed by atoms with Crippen molar-refractivity contribution in [3.8, 4) is 11.8 Å². The van der Waals surface area contributed by atoms with E-state index in [0.717, 1.165) is 37.2 Å². The van der Waals surface area contributed by atoms with Gasteiger partial charge in [-0.15, -0.1) is 11.3 Å². The van der Waals surface area contributed by atoms with Crippen molar-refractivity contribution in [1.29, 1.82) is 0 Å². The highest BCUT2D eigenvalue weighted by Crippen LogP contribution is 2.30. The molecule has 2 unspecified atom stereocenters. The smallest absolute Gasteiger partial charge is 0.409 e. The van der Waals surface area contributed by atoms with E-state index in [1.54, 1.807) is 26.4 Å². The molecule has 9 nitrogen and oxygen atoms in total. The molecule has 3 aromatic heterocycles. The Kier molecular flexibility index (Phi) is 7.02. The number of thiophene rings is 1. The van der Waals surface area contributed by atoms with Crippen LogP contribution in [0.3, 0.4) is 0 Å². The predicted octanol–water partition coefficient (Wildman–Crippen LogP) is 4.75. The van der Waals surface area contributed by atoms with Crippen molar-refractivity contribution in [1.82, 2.24) is 30.0 Å². The van der Waals surface area contributed by atoms with Gasteiger partial charge in [-0.3, -0.25) is 10.00 Å². The van der Waals surface area contributed by atoms with E-state index in [9.17, 15) is 9.18 Å². The third-order valence-corrected chi connectivity index (χ3v) is 7.51. The predicted molar refractivity (Wildman–Crippen MR) is 153 cm³/mol. The van der Waals surface area contributed by atoms with Crippen molar-refractivity contribution < 1.29 is 13.9 Å². The Bertz CT molecular complexity index is 1770. The van der Waals surface area contributed by atoms with Crippen LogP contribution >= 0.6 is 11.3 Å². The lowest BCUT2D eigenvalue weighted by Gasteiger charge is -2.15. The summed E-state index contributed by atoms with van der Waals surface area (Å²) in [5.74, 6) is 6.92. The number of rotatable bonds is 5. The number of halogens is 1. The molecule has 0 saturated carbocycles. The Morgan fingerprint density at radius 1 is 1.25 bits per heavy atom. The van der Waals surface area contributed by atoms with Gasteiger partial charge in [-0.2, -0.15) is 5.10 Å². The molecule has 40 heavy (non-hydrogen) atoms. The fourth-order valence-corrected chi connectivity index (χ4v) is 5.42. The van der Waals surface area contributed by atoms with E-state index in [4.69, 9.17) is 4.74 Å². The average molecular weight is 556 g/mol. The highest BCUT2D eigenvalue weighted by molar-refractivity contribution is 7.19. The lowest BCUT2D eigenvalue weighted by Crippen LogP contribution is -2.29. The summed E-state index contributed by atoms with van der Waals surface area (Å²) in [7, 11) is 3.33. The minimum Gasteiger partial charge on any atom is -0.445 e. The Morgan fingerprint density at radius 3 is 3.00 bits per heavy atom. The van der Waals surface area contributed by atoms with E-state index in [2.05, 4.69) is 37.5 Å². The zero-order chi connectivity index (χ0) is 27.6. The van der Waals surface area contributed by atoms with E-state index in [0.29, 0.717) is 25.3 Å². The number of nitrogens with one attached hydrogen (secondary N) is 2. The molecule has 1 saturated heterocycles. The zero-order valence-electron chi connectivity index (χ0n) is 21.9. The summed E-state index contributed by atoms with van der Waals surface area (Å²) >= 11 is 1.50. The summed E-state index contributed by atoms with van der Waals surface area (Å²) in [4.78, 5) is 23.8. The third-order valence-electron chi connectivity index (χ3n) is 6.55. The van der Waals surface area contributed by atoms with Crippen LogP contribution in [0.2, 0.25) is 0 Å². The highest BCUT2D eigenvalue weighted by atomic mass is 32.1. The second-order valence-corrected chi connectivity index (χ2v) is 10.8. The van der Waals surface area contributed by atoms with E-state index < -0.39 is 0 Å². The first-order valence-electron chi connectivity index (χ1n) is 12.8. The molecule has 1 aliphatic heterocycles. The van der Waals surface area contributed by atoms with Crippen LogP contribution in [0.15, 0.2) is 61.1 Å². The summed E-state index contributed by atoms with van der Waals surface area (Å²) in [6, 6.07) is 14.5. The van der Waals surface area contributed by atoms with Crippen LogP contribution in [-0.2, 0) is 11.3 Å². The Morgan fingerprint density at radius 2 is 2.15 bits per heavy atom. The SMILES string of the molecule is CN(C)C(=O)OC1CNC(C#Cc2cc3c(Nc4ccc5c(cnn5Cc5cccc(F)c5)c4)ncnc3s2)C1. The molecular formula is C29H26FN7O2S. The van der Waals surface area contributed by atoms with Gasteiger partial charge in [0.05, 0.1) is 34.6 Å². The number of nitrogens with zero attached hydrogens (tertiary/aromatic N) is 5. The zero-order valence-corrected chi connectivity index (χ0v) is 22.7. The van der Waals surface area contributed by atoms with Crippen molar-refractivity contribution in [3.05, 3.63) is 77.3 Å². The normalized spacial score (nSPS) is 16.6. The van der Waals surface area contributed by atoms with Crippen molar-refractivity contribution in [2.45, 2.75) is 25.1 Å². The Hall–Kier alpha value is -4.53. The first-order chi connectivity index (χ1) is 19.4. The number of hydrogen-bond donors (Lipinski definition) is 2. The number of hydrogen-bond acceptors (Lipinski definition) is 8. The van der Waals surface area contributed by atoms with Crippen LogP contribution in [0.4, 0.5) is 20.7 Å². The molecule has 1 fully saturated rings. The van der Waals surface area contributed by atoms with Gasteiger partial charge in [-0.05, 0) is 42.0 Å². The van der Waals surface area contributed by atoms with Gasteiger partial charge in [-0.25, -0.2) is 19.2 Å². The lowest BCUT2D eigenvalue weighted by molar-refractivity contribution is 0.0826. The monoisotopic (exact) mass is 555 g/mol. The Labute approximate surface area is 234 Å². The maximum atomic E-state index is 13.6. The molecule has 2 aromatic carbocycles. The molecule has 0 aliphatic carbocycles. The van der Waals surface area contributed by atoms with Gasteiger partial charge in [0.2, 0.25) is 0 Å².